The smallest absolute Gasteiger partial charge is 0.341 e. The molecule has 2 heterocycles. The molecule has 0 spiro atoms. The summed E-state index contributed by atoms with van der Waals surface area (Å²) in [6, 6.07) is 0. The van der Waals surface area contributed by atoms with Gasteiger partial charge < -0.3 is 10.1 Å². The summed E-state index contributed by atoms with van der Waals surface area (Å²) in [7, 11) is 1.35. The molecule has 0 aliphatic heterocycles. The average Bonchev–Trinajstić information content (AvgIpc) is 3.28. The van der Waals surface area contributed by atoms with Gasteiger partial charge in [-0.1, -0.05) is 6.92 Å². The Morgan fingerprint density at radius 1 is 1.28 bits per heavy atom. The van der Waals surface area contributed by atoms with E-state index < -0.39 is 5.97 Å². The summed E-state index contributed by atoms with van der Waals surface area (Å²) in [5.41, 5.74) is 2.90. The number of ether oxygens (including phenoxy) is 1. The minimum atomic E-state index is -0.431. The number of methoxy groups -OCH3 is 1. The van der Waals surface area contributed by atoms with E-state index >= 15 is 0 Å². The van der Waals surface area contributed by atoms with Crippen molar-refractivity contribution in [2.24, 2.45) is 5.92 Å². The molecule has 0 saturated heterocycles. The number of hydrogen-bond donors (Lipinski definition) is 1. The third kappa shape index (κ3) is 3.61. The predicted molar refractivity (Wildman–Crippen MR) is 111 cm³/mol. The van der Waals surface area contributed by atoms with Gasteiger partial charge in [-0.15, -0.1) is 11.3 Å². The summed E-state index contributed by atoms with van der Waals surface area (Å²) in [6.07, 6.45) is 5.17. The Bertz CT molecular complexity index is 1050. The van der Waals surface area contributed by atoms with E-state index in [4.69, 9.17) is 4.74 Å². The van der Waals surface area contributed by atoms with Crippen LogP contribution in [0.4, 0.5) is 5.00 Å². The number of rotatable bonds is 4. The van der Waals surface area contributed by atoms with Gasteiger partial charge in [-0.2, -0.15) is 0 Å². The summed E-state index contributed by atoms with van der Waals surface area (Å²) in [5.74, 6) is 0.318. The lowest BCUT2D eigenvalue weighted by Crippen LogP contribution is -2.32. The minimum Gasteiger partial charge on any atom is -0.465 e. The highest BCUT2D eigenvalue weighted by atomic mass is 32.1. The molecule has 0 unspecified atom stereocenters. The number of aromatic nitrogens is 2. The van der Waals surface area contributed by atoms with Crippen molar-refractivity contribution >= 4 is 28.2 Å². The number of esters is 1. The van der Waals surface area contributed by atoms with E-state index in [0.717, 1.165) is 53.8 Å². The number of nitrogens with zero attached hydrogens (tertiary/aromatic N) is 2. The van der Waals surface area contributed by atoms with Gasteiger partial charge in [-0.05, 0) is 56.9 Å². The van der Waals surface area contributed by atoms with Crippen molar-refractivity contribution in [3.05, 3.63) is 43.4 Å². The number of fused-ring (bicyclic) bond motifs is 2. The molecule has 1 amide bonds. The van der Waals surface area contributed by atoms with Crippen molar-refractivity contribution in [2.75, 3.05) is 12.4 Å². The number of amides is 1. The van der Waals surface area contributed by atoms with Crippen molar-refractivity contribution < 1.29 is 14.3 Å². The second kappa shape index (κ2) is 7.74. The number of hydrogen-bond acceptors (Lipinski definition) is 6. The molecule has 0 fully saturated rings. The Hall–Kier alpha value is -2.48. The van der Waals surface area contributed by atoms with Gasteiger partial charge in [0.05, 0.1) is 18.4 Å². The van der Waals surface area contributed by atoms with Gasteiger partial charge in [-0.3, -0.25) is 14.2 Å². The van der Waals surface area contributed by atoms with E-state index in [1.165, 1.54) is 23.0 Å². The van der Waals surface area contributed by atoms with Crippen LogP contribution >= 0.6 is 11.3 Å². The fraction of sp³-hybridized carbons (Fsp3) is 0.524. The lowest BCUT2D eigenvalue weighted by Gasteiger charge is -2.18. The molecular formula is C21H25N3O4S. The fourth-order valence-electron chi connectivity index (χ4n) is 4.30. The van der Waals surface area contributed by atoms with Crippen LogP contribution in [0.2, 0.25) is 0 Å². The van der Waals surface area contributed by atoms with Gasteiger partial charge in [0.1, 0.15) is 17.4 Å². The van der Waals surface area contributed by atoms with E-state index in [1.54, 1.807) is 6.92 Å². The fourth-order valence-corrected chi connectivity index (χ4v) is 5.71. The summed E-state index contributed by atoms with van der Waals surface area (Å²) in [6.45, 7) is 3.82. The summed E-state index contributed by atoms with van der Waals surface area (Å²) in [4.78, 5) is 43.6. The zero-order valence-corrected chi connectivity index (χ0v) is 17.8. The number of thiophene rings is 1. The summed E-state index contributed by atoms with van der Waals surface area (Å²) < 4.78 is 6.39. The molecule has 2 aromatic rings. The average molecular weight is 416 g/mol. The summed E-state index contributed by atoms with van der Waals surface area (Å²) in [5, 5.41) is 3.37. The Morgan fingerprint density at radius 3 is 2.83 bits per heavy atom. The number of anilines is 1. The van der Waals surface area contributed by atoms with Crippen LogP contribution in [0, 0.1) is 12.8 Å². The molecule has 1 atom stereocenters. The highest BCUT2D eigenvalue weighted by Crippen LogP contribution is 2.40. The van der Waals surface area contributed by atoms with Crippen LogP contribution in [-0.2, 0) is 41.8 Å². The molecule has 0 bridgehead atoms. The molecular weight excluding hydrogens is 390 g/mol. The molecule has 154 valence electrons. The first-order valence-corrected chi connectivity index (χ1v) is 10.8. The Kier molecular flexibility index (Phi) is 5.29. The molecule has 2 aliphatic carbocycles. The standard InChI is InChI=1S/C21H25N3O4S/c1-11-7-8-14-16(9-11)29-19(18(14)21(27)28-3)23-17(25)10-24-12(2)22-15-6-4-5-13(15)20(24)26/h11H,4-10H2,1-3H3,(H,23,25)/t11-/m1/s1. The normalized spacial score (nSPS) is 17.6. The van der Waals surface area contributed by atoms with Crippen LogP contribution in [0.25, 0.3) is 0 Å². The van der Waals surface area contributed by atoms with Crippen molar-refractivity contribution in [1.29, 1.82) is 0 Å². The quantitative estimate of drug-likeness (QED) is 0.776. The van der Waals surface area contributed by atoms with Gasteiger partial charge >= 0.3 is 5.97 Å². The number of carbonyl (C=O) groups excluding carboxylic acids is 2. The lowest BCUT2D eigenvalue weighted by atomic mass is 9.88. The Morgan fingerprint density at radius 2 is 2.07 bits per heavy atom. The molecule has 0 aromatic carbocycles. The van der Waals surface area contributed by atoms with E-state index in [9.17, 15) is 14.4 Å². The van der Waals surface area contributed by atoms with Crippen molar-refractivity contribution in [3.8, 4) is 0 Å². The maximum absolute atomic E-state index is 12.8. The second-order valence-electron chi connectivity index (χ2n) is 7.92. The molecule has 4 rings (SSSR count). The first-order valence-electron chi connectivity index (χ1n) is 10.0. The van der Waals surface area contributed by atoms with Gasteiger partial charge in [0.25, 0.3) is 5.56 Å². The van der Waals surface area contributed by atoms with Crippen LogP contribution in [0.3, 0.4) is 0 Å². The monoisotopic (exact) mass is 415 g/mol. The topological polar surface area (TPSA) is 90.3 Å². The van der Waals surface area contributed by atoms with Crippen LogP contribution in [0.1, 0.15) is 57.6 Å². The zero-order chi connectivity index (χ0) is 20.7. The molecule has 1 N–H and O–H groups in total. The SMILES string of the molecule is COC(=O)c1c(NC(=O)Cn2c(C)nc3c(c2=O)CCC3)sc2c1CC[C@@H](C)C2. The zero-order valence-electron chi connectivity index (χ0n) is 17.0. The van der Waals surface area contributed by atoms with E-state index in [2.05, 4.69) is 17.2 Å². The molecule has 29 heavy (non-hydrogen) atoms. The summed E-state index contributed by atoms with van der Waals surface area (Å²) >= 11 is 1.44. The Balaban J connectivity index is 1.61. The van der Waals surface area contributed by atoms with Gasteiger partial charge in [-0.25, -0.2) is 9.78 Å². The van der Waals surface area contributed by atoms with Gasteiger partial charge in [0, 0.05) is 10.4 Å². The number of nitrogens with one attached hydrogen (secondary N) is 1. The molecule has 2 aliphatic rings. The number of aryl methyl sites for hydroxylation is 2. The molecule has 2 aromatic heterocycles. The third-order valence-corrected chi connectivity index (χ3v) is 7.01. The van der Waals surface area contributed by atoms with Crippen LogP contribution in [0.5, 0.6) is 0 Å². The maximum atomic E-state index is 12.8. The van der Waals surface area contributed by atoms with E-state index in [0.29, 0.717) is 28.7 Å². The molecule has 0 radical (unpaired) electrons. The minimum absolute atomic E-state index is 0.121. The maximum Gasteiger partial charge on any atom is 0.341 e. The van der Waals surface area contributed by atoms with Crippen molar-refractivity contribution in [2.45, 2.75) is 58.9 Å². The van der Waals surface area contributed by atoms with Gasteiger partial charge in [0.15, 0.2) is 0 Å². The molecule has 8 heteroatoms. The van der Waals surface area contributed by atoms with Crippen LogP contribution in [-0.4, -0.2) is 28.5 Å². The third-order valence-electron chi connectivity index (χ3n) is 5.84. The van der Waals surface area contributed by atoms with Crippen LogP contribution in [0.15, 0.2) is 4.79 Å². The van der Waals surface area contributed by atoms with Gasteiger partial charge in [0.2, 0.25) is 5.91 Å². The molecule has 7 nitrogen and oxygen atoms in total. The molecule has 0 saturated carbocycles. The predicted octanol–water partition coefficient (Wildman–Crippen LogP) is 2.65. The second-order valence-corrected chi connectivity index (χ2v) is 9.03. The van der Waals surface area contributed by atoms with Crippen molar-refractivity contribution in [1.82, 2.24) is 9.55 Å². The highest BCUT2D eigenvalue weighted by Gasteiger charge is 2.29. The largest absolute Gasteiger partial charge is 0.465 e. The Labute approximate surface area is 173 Å². The van der Waals surface area contributed by atoms with Crippen LogP contribution < -0.4 is 10.9 Å². The number of carbonyl (C=O) groups is 2. The highest BCUT2D eigenvalue weighted by molar-refractivity contribution is 7.17. The van der Waals surface area contributed by atoms with Crippen molar-refractivity contribution in [3.63, 3.8) is 0 Å². The first kappa shape index (κ1) is 19.8. The van der Waals surface area contributed by atoms with E-state index in [-0.39, 0.29) is 18.0 Å². The first-order chi connectivity index (χ1) is 13.9. The lowest BCUT2D eigenvalue weighted by molar-refractivity contribution is -0.116. The van der Waals surface area contributed by atoms with E-state index in [1.807, 2.05) is 0 Å².